The van der Waals surface area contributed by atoms with Crippen LogP contribution in [-0.4, -0.2) is 96.7 Å². The number of phosphoric ester groups is 2. The third-order valence-electron chi connectivity index (χ3n) is 17.6. The van der Waals surface area contributed by atoms with E-state index in [9.17, 15) is 43.2 Å². The summed E-state index contributed by atoms with van der Waals surface area (Å²) >= 11 is 0. The average molecular weight is 1400 g/mol. The molecular weight excluding hydrogens is 1250 g/mol. The van der Waals surface area contributed by atoms with Gasteiger partial charge in [-0.1, -0.05) is 337 Å². The first kappa shape index (κ1) is 93.1. The number of carbonyl (C=O) groups excluding carboxylic acids is 4. The molecular formula is C76H148O17P2. The van der Waals surface area contributed by atoms with Crippen LogP contribution in [0.3, 0.4) is 0 Å². The lowest BCUT2D eigenvalue weighted by atomic mass is 10.0. The van der Waals surface area contributed by atoms with Gasteiger partial charge in [0.15, 0.2) is 12.2 Å². The predicted octanol–water partition coefficient (Wildman–Crippen LogP) is 22.2. The van der Waals surface area contributed by atoms with Crippen molar-refractivity contribution in [1.82, 2.24) is 0 Å². The maximum atomic E-state index is 13.1. The number of esters is 4. The van der Waals surface area contributed by atoms with Crippen LogP contribution >= 0.6 is 15.6 Å². The molecule has 0 bridgehead atoms. The summed E-state index contributed by atoms with van der Waals surface area (Å²) in [7, 11) is -9.91. The molecule has 0 saturated heterocycles. The third-order valence-corrected chi connectivity index (χ3v) is 19.5. The quantitative estimate of drug-likeness (QED) is 0.0222. The Labute approximate surface area is 581 Å². The zero-order chi connectivity index (χ0) is 70.1. The number of aliphatic hydroxyl groups excluding tert-OH is 1. The van der Waals surface area contributed by atoms with Crippen LogP contribution in [0, 0.1) is 17.8 Å². The number of ether oxygens (including phenoxy) is 4. The molecule has 0 saturated carbocycles. The second-order valence-corrected chi connectivity index (χ2v) is 31.7. The SMILES string of the molecule is CCCCCCCCCCCC(=O)OC[C@H](COP(=O)(O)OC[C@H](O)COP(=O)(O)OC[C@@H](COC(=O)CCCCCCCCCCCCCCCCCC(C)C)OC(=O)CCCCCCCCCCCCCCCCCCC(C)C)OC(=O)CCCCCCCCC(C)C. The molecule has 17 nitrogen and oxygen atoms in total. The number of aliphatic hydroxyl groups is 1. The monoisotopic (exact) mass is 1400 g/mol. The summed E-state index contributed by atoms with van der Waals surface area (Å²) < 4.78 is 68.4. The summed E-state index contributed by atoms with van der Waals surface area (Å²) in [6.07, 6.45) is 53.0. The Bertz CT molecular complexity index is 1850. The summed E-state index contributed by atoms with van der Waals surface area (Å²) in [5.74, 6) is 0.162. The van der Waals surface area contributed by atoms with Crippen molar-refractivity contribution in [2.24, 2.45) is 17.8 Å². The predicted molar refractivity (Wildman–Crippen MR) is 386 cm³/mol. The number of hydrogen-bond donors (Lipinski definition) is 3. The summed E-state index contributed by atoms with van der Waals surface area (Å²) in [4.78, 5) is 72.7. The van der Waals surface area contributed by atoms with Gasteiger partial charge in [-0.15, -0.1) is 0 Å². The Kier molecular flexibility index (Phi) is 65.2. The molecule has 564 valence electrons. The molecule has 0 rings (SSSR count). The topological polar surface area (TPSA) is 237 Å². The Morgan fingerprint density at radius 3 is 0.716 bits per heavy atom. The molecule has 19 heteroatoms. The van der Waals surface area contributed by atoms with E-state index in [0.29, 0.717) is 31.6 Å². The van der Waals surface area contributed by atoms with E-state index in [1.807, 2.05) is 0 Å². The van der Waals surface area contributed by atoms with Gasteiger partial charge in [-0.25, -0.2) is 9.13 Å². The molecule has 0 aliphatic rings. The van der Waals surface area contributed by atoms with Crippen molar-refractivity contribution < 1.29 is 80.2 Å². The van der Waals surface area contributed by atoms with Gasteiger partial charge in [0, 0.05) is 25.7 Å². The van der Waals surface area contributed by atoms with Gasteiger partial charge in [0.05, 0.1) is 26.4 Å². The van der Waals surface area contributed by atoms with Crippen LogP contribution in [0.15, 0.2) is 0 Å². The minimum Gasteiger partial charge on any atom is -0.462 e. The molecule has 0 aromatic heterocycles. The van der Waals surface area contributed by atoms with E-state index in [4.69, 9.17) is 37.0 Å². The summed E-state index contributed by atoms with van der Waals surface area (Å²) in [5.41, 5.74) is 0. The van der Waals surface area contributed by atoms with Gasteiger partial charge < -0.3 is 33.8 Å². The second kappa shape index (κ2) is 66.6. The molecule has 5 atom stereocenters. The van der Waals surface area contributed by atoms with E-state index in [1.165, 1.54) is 199 Å². The highest BCUT2D eigenvalue weighted by Gasteiger charge is 2.30. The zero-order valence-electron chi connectivity index (χ0n) is 62.1. The maximum absolute atomic E-state index is 13.1. The van der Waals surface area contributed by atoms with Gasteiger partial charge in [-0.05, 0) is 43.4 Å². The van der Waals surface area contributed by atoms with Crippen LogP contribution < -0.4 is 0 Å². The number of unbranched alkanes of at least 4 members (excludes halogenated alkanes) is 42. The zero-order valence-corrected chi connectivity index (χ0v) is 63.9. The lowest BCUT2D eigenvalue weighted by Gasteiger charge is -2.21. The van der Waals surface area contributed by atoms with Crippen molar-refractivity contribution in [3.63, 3.8) is 0 Å². The van der Waals surface area contributed by atoms with Crippen LogP contribution in [0.25, 0.3) is 0 Å². The third kappa shape index (κ3) is 70.3. The lowest BCUT2D eigenvalue weighted by Crippen LogP contribution is -2.30. The molecule has 0 aromatic carbocycles. The minimum atomic E-state index is -4.96. The number of carbonyl (C=O) groups is 4. The van der Waals surface area contributed by atoms with E-state index in [-0.39, 0.29) is 25.7 Å². The summed E-state index contributed by atoms with van der Waals surface area (Å²) in [6.45, 7) is 11.8. The largest absolute Gasteiger partial charge is 0.472 e. The second-order valence-electron chi connectivity index (χ2n) is 28.8. The van der Waals surface area contributed by atoms with Crippen molar-refractivity contribution in [3.8, 4) is 0 Å². The molecule has 0 aliphatic carbocycles. The average Bonchev–Trinajstić information content (AvgIpc) is 1.99. The van der Waals surface area contributed by atoms with E-state index < -0.39 is 97.5 Å². The van der Waals surface area contributed by atoms with Crippen LogP contribution in [0.1, 0.15) is 389 Å². The first-order valence-corrected chi connectivity index (χ1v) is 42.3. The van der Waals surface area contributed by atoms with Gasteiger partial charge in [-0.3, -0.25) is 37.3 Å². The summed E-state index contributed by atoms with van der Waals surface area (Å²) in [6, 6.07) is 0. The molecule has 2 unspecified atom stereocenters. The van der Waals surface area contributed by atoms with Crippen LogP contribution in [-0.2, 0) is 65.4 Å². The van der Waals surface area contributed by atoms with E-state index in [1.54, 1.807) is 0 Å². The molecule has 0 aromatic rings. The first-order valence-electron chi connectivity index (χ1n) is 39.3. The van der Waals surface area contributed by atoms with Crippen LogP contribution in [0.5, 0.6) is 0 Å². The van der Waals surface area contributed by atoms with Crippen molar-refractivity contribution >= 4 is 39.5 Å². The molecule has 95 heavy (non-hydrogen) atoms. The van der Waals surface area contributed by atoms with Gasteiger partial charge >= 0.3 is 39.5 Å². The number of phosphoric acid groups is 2. The Hall–Kier alpha value is -1.94. The van der Waals surface area contributed by atoms with Gasteiger partial charge in [0.1, 0.15) is 19.3 Å². The van der Waals surface area contributed by atoms with Crippen molar-refractivity contribution in [3.05, 3.63) is 0 Å². The van der Waals surface area contributed by atoms with Crippen LogP contribution in [0.4, 0.5) is 0 Å². The molecule has 0 spiro atoms. The van der Waals surface area contributed by atoms with Gasteiger partial charge in [0.25, 0.3) is 0 Å². The molecule has 0 aliphatic heterocycles. The van der Waals surface area contributed by atoms with Crippen molar-refractivity contribution in [1.29, 1.82) is 0 Å². The fourth-order valence-corrected chi connectivity index (χ4v) is 13.2. The van der Waals surface area contributed by atoms with E-state index in [2.05, 4.69) is 48.5 Å². The molecule has 0 fully saturated rings. The van der Waals surface area contributed by atoms with Gasteiger partial charge in [-0.2, -0.15) is 0 Å². The number of rotatable bonds is 74. The maximum Gasteiger partial charge on any atom is 0.472 e. The highest BCUT2D eigenvalue weighted by atomic mass is 31.2. The van der Waals surface area contributed by atoms with Gasteiger partial charge in [0.2, 0.25) is 0 Å². The Balaban J connectivity index is 5.19. The smallest absolute Gasteiger partial charge is 0.462 e. The van der Waals surface area contributed by atoms with Crippen LogP contribution in [0.2, 0.25) is 0 Å². The molecule has 0 radical (unpaired) electrons. The highest BCUT2D eigenvalue weighted by molar-refractivity contribution is 7.47. The van der Waals surface area contributed by atoms with E-state index in [0.717, 1.165) is 102 Å². The minimum absolute atomic E-state index is 0.102. The molecule has 0 heterocycles. The molecule has 0 amide bonds. The van der Waals surface area contributed by atoms with Crippen molar-refractivity contribution in [2.75, 3.05) is 39.6 Å². The Morgan fingerprint density at radius 1 is 0.284 bits per heavy atom. The summed E-state index contributed by atoms with van der Waals surface area (Å²) in [5, 5.41) is 10.6. The fourth-order valence-electron chi connectivity index (χ4n) is 11.6. The normalized spacial score (nSPS) is 14.1. The van der Waals surface area contributed by atoms with E-state index >= 15 is 0 Å². The molecule has 3 N–H and O–H groups in total. The number of hydrogen-bond acceptors (Lipinski definition) is 15. The lowest BCUT2D eigenvalue weighted by molar-refractivity contribution is -0.161. The Morgan fingerprint density at radius 2 is 0.484 bits per heavy atom. The fraction of sp³-hybridized carbons (Fsp3) is 0.947. The first-order chi connectivity index (χ1) is 45.7. The van der Waals surface area contributed by atoms with Crippen molar-refractivity contribution in [2.45, 2.75) is 407 Å². The highest BCUT2D eigenvalue weighted by Crippen LogP contribution is 2.45. The standard InChI is InChI=1S/C76H148O17P2/c1-8-9-10-11-12-28-35-43-50-57-73(78)86-64-72(93-76(81)60-53-46-39-38-42-49-56-69(6)7)66-91-95(84,85)89-62-70(77)61-88-94(82,83)90-65-71(63-87-74(79)58-51-44-36-31-26-22-19-15-17-21-25-30-34-41-48-55-68(4)5)92-75(80)59-52-45-37-32-27-23-18-14-13-16-20-24-29-33-40-47-54-67(2)3/h67-72,77H,8-66H2,1-7H3,(H,82,83)(H,84,85)/t70-,71-,72-/m1/s1.